The standard InChI is InChI=1S/C23H13Cl2N3O/c24-17-7-4-14(5-8-17)23(29)16-6-9-21-20(11-16)19(12-22-27-26-13-28(21)22)15-2-1-3-18(25)10-15/h1-13H. The molecule has 0 saturated carbocycles. The van der Waals surface area contributed by atoms with E-state index in [-0.39, 0.29) is 5.78 Å². The van der Waals surface area contributed by atoms with Crippen molar-refractivity contribution in [3.8, 4) is 11.1 Å². The van der Waals surface area contributed by atoms with Crippen molar-refractivity contribution in [3.63, 3.8) is 0 Å². The first-order valence-corrected chi connectivity index (χ1v) is 9.68. The van der Waals surface area contributed by atoms with E-state index in [2.05, 4.69) is 10.2 Å². The Morgan fingerprint density at radius 3 is 2.41 bits per heavy atom. The first-order chi connectivity index (χ1) is 14.1. The second-order valence-electron chi connectivity index (χ2n) is 6.70. The number of hydrogen-bond donors (Lipinski definition) is 0. The molecule has 0 spiro atoms. The van der Waals surface area contributed by atoms with E-state index in [1.54, 1.807) is 30.6 Å². The molecule has 0 aliphatic carbocycles. The number of carbonyl (C=O) groups is 1. The van der Waals surface area contributed by atoms with Gasteiger partial charge in [0, 0.05) is 26.6 Å². The summed E-state index contributed by atoms with van der Waals surface area (Å²) in [6.07, 6.45) is 1.67. The van der Waals surface area contributed by atoms with Crippen molar-refractivity contribution in [1.29, 1.82) is 0 Å². The third-order valence-electron chi connectivity index (χ3n) is 4.90. The highest BCUT2D eigenvalue weighted by molar-refractivity contribution is 6.31. The van der Waals surface area contributed by atoms with Gasteiger partial charge >= 0.3 is 0 Å². The minimum atomic E-state index is -0.0653. The summed E-state index contributed by atoms with van der Waals surface area (Å²) in [7, 11) is 0. The van der Waals surface area contributed by atoms with E-state index >= 15 is 0 Å². The lowest BCUT2D eigenvalue weighted by molar-refractivity contribution is 0.103. The Balaban J connectivity index is 1.75. The third kappa shape index (κ3) is 3.16. The Morgan fingerprint density at radius 1 is 0.828 bits per heavy atom. The maximum Gasteiger partial charge on any atom is 0.193 e. The van der Waals surface area contributed by atoms with Crippen molar-refractivity contribution in [1.82, 2.24) is 14.6 Å². The summed E-state index contributed by atoms with van der Waals surface area (Å²) in [5.41, 5.74) is 4.70. The highest BCUT2D eigenvalue weighted by Crippen LogP contribution is 2.32. The third-order valence-corrected chi connectivity index (χ3v) is 5.39. The number of rotatable bonds is 3. The van der Waals surface area contributed by atoms with E-state index in [9.17, 15) is 4.79 Å². The quantitative estimate of drug-likeness (QED) is 0.333. The predicted octanol–water partition coefficient (Wildman–Crippen LogP) is 6.09. The lowest BCUT2D eigenvalue weighted by atomic mass is 9.96. The topological polar surface area (TPSA) is 47.3 Å². The monoisotopic (exact) mass is 417 g/mol. The Hall–Kier alpha value is -3.21. The van der Waals surface area contributed by atoms with E-state index in [1.165, 1.54) is 0 Å². The molecular formula is C23H13Cl2N3O. The van der Waals surface area contributed by atoms with Gasteiger partial charge in [0.25, 0.3) is 0 Å². The van der Waals surface area contributed by atoms with Crippen LogP contribution >= 0.6 is 23.2 Å². The lowest BCUT2D eigenvalue weighted by Crippen LogP contribution is -2.02. The summed E-state index contributed by atoms with van der Waals surface area (Å²) < 4.78 is 1.90. The minimum absolute atomic E-state index is 0.0653. The molecule has 0 atom stereocenters. The SMILES string of the molecule is O=C(c1ccc(Cl)cc1)c1ccc2c(c1)c(-c1cccc(Cl)c1)cc1nncn12. The van der Waals surface area contributed by atoms with Gasteiger partial charge in [-0.1, -0.05) is 35.3 Å². The summed E-state index contributed by atoms with van der Waals surface area (Å²) in [4.78, 5) is 13.0. The number of carbonyl (C=O) groups excluding carboxylic acids is 1. The second kappa shape index (κ2) is 6.99. The highest BCUT2D eigenvalue weighted by Gasteiger charge is 2.15. The van der Waals surface area contributed by atoms with E-state index < -0.39 is 0 Å². The average Bonchev–Trinajstić information content (AvgIpc) is 3.22. The van der Waals surface area contributed by atoms with Gasteiger partial charge in [-0.3, -0.25) is 9.20 Å². The summed E-state index contributed by atoms with van der Waals surface area (Å²) in [6, 6.07) is 22.1. The molecule has 0 aliphatic heterocycles. The molecule has 0 fully saturated rings. The zero-order valence-corrected chi connectivity index (χ0v) is 16.5. The van der Waals surface area contributed by atoms with Crippen molar-refractivity contribution >= 4 is 45.5 Å². The summed E-state index contributed by atoms with van der Waals surface area (Å²) in [6.45, 7) is 0. The van der Waals surface area contributed by atoms with Crippen LogP contribution in [-0.4, -0.2) is 20.4 Å². The molecule has 5 rings (SSSR count). The summed E-state index contributed by atoms with van der Waals surface area (Å²) in [5, 5.41) is 10.4. The fourth-order valence-corrected chi connectivity index (χ4v) is 3.82. The fourth-order valence-electron chi connectivity index (χ4n) is 3.50. The van der Waals surface area contributed by atoms with Crippen LogP contribution in [0.15, 0.2) is 79.1 Å². The van der Waals surface area contributed by atoms with Gasteiger partial charge in [-0.15, -0.1) is 10.2 Å². The first-order valence-electron chi connectivity index (χ1n) is 8.93. The molecule has 0 aliphatic rings. The fraction of sp³-hybridized carbons (Fsp3) is 0. The molecule has 6 heteroatoms. The Bertz CT molecular complexity index is 1390. The van der Waals surface area contributed by atoms with Crippen LogP contribution < -0.4 is 0 Å². The van der Waals surface area contributed by atoms with Crippen molar-refractivity contribution in [2.75, 3.05) is 0 Å². The normalized spacial score (nSPS) is 11.2. The predicted molar refractivity (Wildman–Crippen MR) is 116 cm³/mol. The molecule has 0 unspecified atom stereocenters. The zero-order chi connectivity index (χ0) is 20.0. The zero-order valence-electron chi connectivity index (χ0n) is 15.0. The maximum absolute atomic E-state index is 13.0. The van der Waals surface area contributed by atoms with Gasteiger partial charge in [0.15, 0.2) is 11.4 Å². The molecule has 0 bridgehead atoms. The largest absolute Gasteiger partial charge is 0.289 e. The number of ketones is 1. The van der Waals surface area contributed by atoms with E-state index in [4.69, 9.17) is 23.2 Å². The Morgan fingerprint density at radius 2 is 1.62 bits per heavy atom. The minimum Gasteiger partial charge on any atom is -0.289 e. The maximum atomic E-state index is 13.0. The Labute approximate surface area is 176 Å². The summed E-state index contributed by atoms with van der Waals surface area (Å²) in [5.74, 6) is -0.0653. The summed E-state index contributed by atoms with van der Waals surface area (Å²) >= 11 is 12.2. The van der Waals surface area contributed by atoms with Crippen LogP contribution in [0.4, 0.5) is 0 Å². The number of aromatic nitrogens is 3. The van der Waals surface area contributed by atoms with Crippen LogP contribution in [0.2, 0.25) is 10.0 Å². The van der Waals surface area contributed by atoms with Crippen LogP contribution in [-0.2, 0) is 0 Å². The number of pyridine rings is 1. The second-order valence-corrected chi connectivity index (χ2v) is 7.57. The van der Waals surface area contributed by atoms with Gasteiger partial charge in [-0.05, 0) is 71.8 Å². The first kappa shape index (κ1) is 17.9. The molecule has 29 heavy (non-hydrogen) atoms. The molecule has 2 aromatic heterocycles. The van der Waals surface area contributed by atoms with Gasteiger partial charge in [-0.25, -0.2) is 0 Å². The number of fused-ring (bicyclic) bond motifs is 3. The Kier molecular flexibility index (Phi) is 4.31. The molecule has 0 N–H and O–H groups in total. The number of nitrogens with zero attached hydrogens (tertiary/aromatic N) is 3. The number of hydrogen-bond acceptors (Lipinski definition) is 3. The van der Waals surface area contributed by atoms with E-state index in [0.717, 1.165) is 27.7 Å². The molecular weight excluding hydrogens is 405 g/mol. The van der Waals surface area contributed by atoms with E-state index in [0.29, 0.717) is 21.2 Å². The van der Waals surface area contributed by atoms with Gasteiger partial charge in [0.05, 0.1) is 5.52 Å². The highest BCUT2D eigenvalue weighted by atomic mass is 35.5. The van der Waals surface area contributed by atoms with Crippen molar-refractivity contribution < 1.29 is 4.79 Å². The molecule has 0 saturated heterocycles. The smallest absolute Gasteiger partial charge is 0.193 e. The molecule has 3 aromatic carbocycles. The van der Waals surface area contributed by atoms with Crippen molar-refractivity contribution in [2.24, 2.45) is 0 Å². The number of halogens is 2. The van der Waals surface area contributed by atoms with Crippen LogP contribution in [0, 0.1) is 0 Å². The van der Waals surface area contributed by atoms with Crippen LogP contribution in [0.25, 0.3) is 27.7 Å². The van der Waals surface area contributed by atoms with Crippen LogP contribution in [0.5, 0.6) is 0 Å². The van der Waals surface area contributed by atoms with Crippen molar-refractivity contribution in [3.05, 3.63) is 100 Å². The van der Waals surface area contributed by atoms with Crippen LogP contribution in [0.1, 0.15) is 15.9 Å². The van der Waals surface area contributed by atoms with Gasteiger partial charge < -0.3 is 0 Å². The van der Waals surface area contributed by atoms with Crippen molar-refractivity contribution in [2.45, 2.75) is 0 Å². The number of benzene rings is 3. The molecule has 140 valence electrons. The van der Waals surface area contributed by atoms with Gasteiger partial charge in [0.1, 0.15) is 6.33 Å². The molecule has 2 heterocycles. The molecule has 5 aromatic rings. The van der Waals surface area contributed by atoms with E-state index in [1.807, 2.05) is 52.9 Å². The van der Waals surface area contributed by atoms with Crippen LogP contribution in [0.3, 0.4) is 0 Å². The lowest BCUT2D eigenvalue weighted by Gasteiger charge is -2.11. The van der Waals surface area contributed by atoms with Gasteiger partial charge in [-0.2, -0.15) is 0 Å². The van der Waals surface area contributed by atoms with Gasteiger partial charge in [0.2, 0.25) is 0 Å². The molecule has 4 nitrogen and oxygen atoms in total. The molecule has 0 radical (unpaired) electrons. The average molecular weight is 418 g/mol. The molecule has 0 amide bonds.